The Morgan fingerprint density at radius 1 is 1.19 bits per heavy atom. The molecule has 3 rings (SSSR count). The van der Waals surface area contributed by atoms with Crippen LogP contribution in [0.15, 0.2) is 42.6 Å². The summed E-state index contributed by atoms with van der Waals surface area (Å²) in [7, 11) is 1.39. The van der Waals surface area contributed by atoms with Gasteiger partial charge in [0.25, 0.3) is 0 Å². The van der Waals surface area contributed by atoms with Gasteiger partial charge in [-0.2, -0.15) is 0 Å². The van der Waals surface area contributed by atoms with Gasteiger partial charge in [0.05, 0.1) is 7.11 Å². The average molecular weight is 283 g/mol. The average Bonchev–Trinajstić information content (AvgIpc) is 2.89. The molecule has 106 valence electrons. The molecule has 1 aromatic heterocycles. The zero-order valence-corrected chi connectivity index (χ0v) is 11.7. The number of hydrogen-bond donors (Lipinski definition) is 1. The molecule has 0 spiro atoms. The lowest BCUT2D eigenvalue weighted by atomic mass is 10.0. The third-order valence-electron chi connectivity index (χ3n) is 3.50. The minimum Gasteiger partial charge on any atom is -0.494 e. The Bertz CT molecular complexity index is 836. The summed E-state index contributed by atoms with van der Waals surface area (Å²) in [5.74, 6) is -0.630. The highest BCUT2D eigenvalue weighted by Gasteiger charge is 2.16. The number of ketones is 1. The zero-order chi connectivity index (χ0) is 15.0. The Hall–Kier alpha value is -2.62. The maximum Gasteiger partial charge on any atom is 0.195 e. The molecule has 1 heterocycles. The molecule has 0 fully saturated rings. The third-order valence-corrected chi connectivity index (χ3v) is 3.50. The van der Waals surface area contributed by atoms with Crippen LogP contribution in [0.5, 0.6) is 5.75 Å². The fourth-order valence-electron chi connectivity index (χ4n) is 2.39. The summed E-state index contributed by atoms with van der Waals surface area (Å²) in [6.07, 6.45) is 1.66. The summed E-state index contributed by atoms with van der Waals surface area (Å²) >= 11 is 0. The Morgan fingerprint density at radius 2 is 2.00 bits per heavy atom. The van der Waals surface area contributed by atoms with Gasteiger partial charge in [0.15, 0.2) is 17.3 Å². The molecule has 0 aliphatic heterocycles. The summed E-state index contributed by atoms with van der Waals surface area (Å²) in [6.45, 7) is 1.97. The van der Waals surface area contributed by atoms with Crippen LogP contribution in [0.4, 0.5) is 4.39 Å². The van der Waals surface area contributed by atoms with E-state index in [-0.39, 0.29) is 11.5 Å². The van der Waals surface area contributed by atoms with E-state index in [1.165, 1.54) is 19.2 Å². The Kier molecular flexibility index (Phi) is 3.22. The molecule has 2 aromatic carbocycles. The number of nitrogens with one attached hydrogen (secondary N) is 1. The number of aromatic nitrogens is 1. The molecule has 0 saturated heterocycles. The highest BCUT2D eigenvalue weighted by atomic mass is 19.1. The number of rotatable bonds is 3. The van der Waals surface area contributed by atoms with Gasteiger partial charge in [-0.1, -0.05) is 11.6 Å². The second kappa shape index (κ2) is 5.05. The quantitative estimate of drug-likeness (QED) is 0.742. The number of ether oxygens (including phenoxy) is 1. The molecule has 0 atom stereocenters. The lowest BCUT2D eigenvalue weighted by Gasteiger charge is -2.04. The number of methoxy groups -OCH3 is 1. The van der Waals surface area contributed by atoms with E-state index < -0.39 is 5.82 Å². The summed E-state index contributed by atoms with van der Waals surface area (Å²) in [6, 6.07) is 10.1. The lowest BCUT2D eigenvalue weighted by Crippen LogP contribution is -2.01. The van der Waals surface area contributed by atoms with Crippen molar-refractivity contribution >= 4 is 16.7 Å². The SMILES string of the molecule is COc1ccc(C(=O)c2c[nH]c3ccc(C)cc23)cc1F. The number of fused-ring (bicyclic) bond motifs is 1. The number of hydrogen-bond acceptors (Lipinski definition) is 2. The van der Waals surface area contributed by atoms with Crippen molar-refractivity contribution in [2.75, 3.05) is 7.11 Å². The van der Waals surface area contributed by atoms with Crippen LogP contribution in [-0.4, -0.2) is 17.9 Å². The van der Waals surface area contributed by atoms with E-state index in [1.807, 2.05) is 25.1 Å². The van der Waals surface area contributed by atoms with Gasteiger partial charge in [-0.15, -0.1) is 0 Å². The van der Waals surface area contributed by atoms with Gasteiger partial charge in [-0.3, -0.25) is 4.79 Å². The topological polar surface area (TPSA) is 42.1 Å². The number of carbonyl (C=O) groups is 1. The lowest BCUT2D eigenvalue weighted by molar-refractivity contribution is 0.104. The maximum absolute atomic E-state index is 13.7. The second-order valence-electron chi connectivity index (χ2n) is 4.93. The molecule has 0 amide bonds. The molecule has 21 heavy (non-hydrogen) atoms. The highest BCUT2D eigenvalue weighted by Crippen LogP contribution is 2.24. The van der Waals surface area contributed by atoms with Crippen molar-refractivity contribution in [3.63, 3.8) is 0 Å². The Labute approximate surface area is 121 Å². The van der Waals surface area contributed by atoms with Crippen LogP contribution < -0.4 is 4.74 Å². The molecule has 0 bridgehead atoms. The predicted molar refractivity (Wildman–Crippen MR) is 79.4 cm³/mol. The predicted octanol–water partition coefficient (Wildman–Crippen LogP) is 3.86. The zero-order valence-electron chi connectivity index (χ0n) is 11.7. The van der Waals surface area contributed by atoms with Gasteiger partial charge in [-0.25, -0.2) is 4.39 Å². The first kappa shape index (κ1) is 13.4. The molecule has 0 unspecified atom stereocenters. The molecule has 0 aliphatic carbocycles. The number of carbonyl (C=O) groups excluding carboxylic acids is 1. The minimum atomic E-state index is -0.542. The van der Waals surface area contributed by atoms with Crippen molar-refractivity contribution in [3.05, 3.63) is 65.1 Å². The van der Waals surface area contributed by atoms with Crippen molar-refractivity contribution in [2.24, 2.45) is 0 Å². The van der Waals surface area contributed by atoms with Crippen LogP contribution >= 0.6 is 0 Å². The smallest absolute Gasteiger partial charge is 0.195 e. The van der Waals surface area contributed by atoms with Gasteiger partial charge in [0.2, 0.25) is 0 Å². The van der Waals surface area contributed by atoms with Crippen molar-refractivity contribution in [1.29, 1.82) is 0 Å². The van der Waals surface area contributed by atoms with Crippen molar-refractivity contribution < 1.29 is 13.9 Å². The van der Waals surface area contributed by atoms with Crippen LogP contribution in [0.25, 0.3) is 10.9 Å². The normalized spacial score (nSPS) is 10.8. The molecule has 0 radical (unpaired) electrons. The van der Waals surface area contributed by atoms with Crippen LogP contribution in [0.2, 0.25) is 0 Å². The van der Waals surface area contributed by atoms with Gasteiger partial charge in [0, 0.05) is 28.2 Å². The number of aryl methyl sites for hydroxylation is 1. The number of halogens is 1. The van der Waals surface area contributed by atoms with Crippen molar-refractivity contribution in [3.8, 4) is 5.75 Å². The van der Waals surface area contributed by atoms with Crippen molar-refractivity contribution in [2.45, 2.75) is 6.92 Å². The number of aromatic amines is 1. The first-order valence-electron chi connectivity index (χ1n) is 6.56. The minimum absolute atomic E-state index is 0.126. The molecule has 0 saturated carbocycles. The van der Waals surface area contributed by atoms with Crippen LogP contribution in [0.3, 0.4) is 0 Å². The first-order chi connectivity index (χ1) is 10.1. The van der Waals surface area contributed by atoms with Crippen LogP contribution in [-0.2, 0) is 0 Å². The Balaban J connectivity index is 2.08. The largest absolute Gasteiger partial charge is 0.494 e. The summed E-state index contributed by atoms with van der Waals surface area (Å²) < 4.78 is 18.6. The molecule has 0 aliphatic rings. The molecular weight excluding hydrogens is 269 g/mol. The number of H-pyrrole nitrogens is 1. The van der Waals surface area contributed by atoms with E-state index in [4.69, 9.17) is 4.74 Å². The second-order valence-corrected chi connectivity index (χ2v) is 4.93. The van der Waals surface area contributed by atoms with Gasteiger partial charge in [0.1, 0.15) is 0 Å². The fraction of sp³-hybridized carbons (Fsp3) is 0.118. The van der Waals surface area contributed by atoms with Crippen LogP contribution in [0.1, 0.15) is 21.5 Å². The van der Waals surface area contributed by atoms with E-state index >= 15 is 0 Å². The van der Waals surface area contributed by atoms with E-state index in [1.54, 1.807) is 12.3 Å². The monoisotopic (exact) mass is 283 g/mol. The molecule has 3 nitrogen and oxygen atoms in total. The first-order valence-corrected chi connectivity index (χ1v) is 6.56. The fourth-order valence-corrected chi connectivity index (χ4v) is 2.39. The van der Waals surface area contributed by atoms with Crippen LogP contribution in [0, 0.1) is 12.7 Å². The standard InChI is InChI=1S/C17H14FNO2/c1-10-3-5-15-12(7-10)13(9-19-15)17(20)11-4-6-16(21-2)14(18)8-11/h3-9,19H,1-2H3. The van der Waals surface area contributed by atoms with E-state index in [0.29, 0.717) is 11.1 Å². The number of benzene rings is 2. The van der Waals surface area contributed by atoms with Gasteiger partial charge >= 0.3 is 0 Å². The molecule has 1 N–H and O–H groups in total. The van der Waals surface area contributed by atoms with Gasteiger partial charge in [-0.05, 0) is 37.3 Å². The van der Waals surface area contributed by atoms with E-state index in [0.717, 1.165) is 16.5 Å². The highest BCUT2D eigenvalue weighted by molar-refractivity contribution is 6.16. The van der Waals surface area contributed by atoms with E-state index in [2.05, 4.69) is 4.98 Å². The summed E-state index contributed by atoms with van der Waals surface area (Å²) in [4.78, 5) is 15.6. The molecular formula is C17H14FNO2. The van der Waals surface area contributed by atoms with E-state index in [9.17, 15) is 9.18 Å². The van der Waals surface area contributed by atoms with Gasteiger partial charge < -0.3 is 9.72 Å². The maximum atomic E-state index is 13.7. The molecule has 3 aromatic rings. The third kappa shape index (κ3) is 2.29. The van der Waals surface area contributed by atoms with Crippen molar-refractivity contribution in [1.82, 2.24) is 4.98 Å². The molecule has 4 heteroatoms. The Morgan fingerprint density at radius 3 is 2.71 bits per heavy atom. The summed E-state index contributed by atoms with van der Waals surface area (Å²) in [5, 5.41) is 0.844. The summed E-state index contributed by atoms with van der Waals surface area (Å²) in [5.41, 5.74) is 2.80.